The van der Waals surface area contributed by atoms with Gasteiger partial charge in [-0.25, -0.2) is 0 Å². The van der Waals surface area contributed by atoms with Crippen molar-refractivity contribution in [3.63, 3.8) is 0 Å². The van der Waals surface area contributed by atoms with Crippen molar-refractivity contribution in [1.29, 1.82) is 0 Å². The number of ether oxygens (including phenoxy) is 3. The van der Waals surface area contributed by atoms with E-state index in [2.05, 4.69) is 5.32 Å². The van der Waals surface area contributed by atoms with E-state index in [1.807, 2.05) is 26.0 Å². The van der Waals surface area contributed by atoms with Gasteiger partial charge in [-0.2, -0.15) is 0 Å². The molecule has 0 bridgehead atoms. The molecule has 0 aliphatic heterocycles. The van der Waals surface area contributed by atoms with Gasteiger partial charge in [-0.15, -0.1) is 0 Å². The minimum atomic E-state index is -0.481. The van der Waals surface area contributed by atoms with Gasteiger partial charge in [0.05, 0.1) is 7.11 Å². The molecule has 0 heterocycles. The van der Waals surface area contributed by atoms with Gasteiger partial charge in [-0.05, 0) is 44.0 Å². The lowest BCUT2D eigenvalue weighted by molar-refractivity contribution is -0.128. The third kappa shape index (κ3) is 6.49. The fourth-order valence-corrected chi connectivity index (χ4v) is 1.78. The van der Waals surface area contributed by atoms with E-state index in [1.165, 1.54) is 0 Å². The summed E-state index contributed by atoms with van der Waals surface area (Å²) in [7, 11) is 1.61. The van der Waals surface area contributed by atoms with Crippen LogP contribution in [0.3, 0.4) is 0 Å². The Bertz CT molecular complexity index is 405. The highest BCUT2D eigenvalue weighted by molar-refractivity contribution is 5.81. The zero-order valence-electron chi connectivity index (χ0n) is 13.1. The molecule has 0 aromatic heterocycles. The summed E-state index contributed by atoms with van der Waals surface area (Å²) in [5, 5.41) is 2.87. The largest absolute Gasteiger partial charge is 0.497 e. The molecular formula is C16H25NO4. The third-order valence-electron chi connectivity index (χ3n) is 2.97. The first-order valence-electron chi connectivity index (χ1n) is 7.37. The van der Waals surface area contributed by atoms with Crippen LogP contribution in [-0.4, -0.2) is 38.9 Å². The highest BCUT2D eigenvalue weighted by Crippen LogP contribution is 2.18. The van der Waals surface area contributed by atoms with Crippen LogP contribution in [0.25, 0.3) is 0 Å². The fourth-order valence-electron chi connectivity index (χ4n) is 1.78. The molecule has 5 nitrogen and oxygen atoms in total. The quantitative estimate of drug-likeness (QED) is 0.673. The average molecular weight is 295 g/mol. The number of carbonyl (C=O) groups excluding carboxylic acids is 1. The Balaban J connectivity index is 2.39. The first-order valence-corrected chi connectivity index (χ1v) is 7.37. The summed E-state index contributed by atoms with van der Waals surface area (Å²) in [6, 6.07) is 7.21. The Morgan fingerprint density at radius 3 is 2.43 bits per heavy atom. The monoisotopic (exact) mass is 295 g/mol. The van der Waals surface area contributed by atoms with E-state index in [-0.39, 0.29) is 5.91 Å². The highest BCUT2D eigenvalue weighted by atomic mass is 16.5. The number of benzene rings is 1. The molecule has 1 N–H and O–H groups in total. The van der Waals surface area contributed by atoms with Gasteiger partial charge in [-0.3, -0.25) is 4.79 Å². The molecule has 1 amide bonds. The van der Waals surface area contributed by atoms with Crippen molar-refractivity contribution in [1.82, 2.24) is 5.32 Å². The number of amides is 1. The molecule has 0 unspecified atom stereocenters. The van der Waals surface area contributed by atoms with Gasteiger partial charge in [-0.1, -0.05) is 6.92 Å². The van der Waals surface area contributed by atoms with Crippen LogP contribution in [0.4, 0.5) is 0 Å². The maximum absolute atomic E-state index is 12.0. The van der Waals surface area contributed by atoms with E-state index in [0.29, 0.717) is 31.9 Å². The van der Waals surface area contributed by atoms with E-state index in [9.17, 15) is 4.79 Å². The van der Waals surface area contributed by atoms with Crippen LogP contribution in [0.15, 0.2) is 24.3 Å². The molecule has 1 rings (SSSR count). The van der Waals surface area contributed by atoms with Crippen molar-refractivity contribution in [2.75, 3.05) is 26.9 Å². The molecule has 0 spiro atoms. The first-order chi connectivity index (χ1) is 10.2. The number of hydrogen-bond donors (Lipinski definition) is 1. The Morgan fingerprint density at radius 2 is 1.86 bits per heavy atom. The molecule has 1 atom stereocenters. The molecule has 0 fully saturated rings. The Morgan fingerprint density at radius 1 is 1.19 bits per heavy atom. The van der Waals surface area contributed by atoms with Crippen molar-refractivity contribution in [3.05, 3.63) is 24.3 Å². The summed E-state index contributed by atoms with van der Waals surface area (Å²) in [5.74, 6) is 1.33. The average Bonchev–Trinajstić information content (AvgIpc) is 2.52. The zero-order chi connectivity index (χ0) is 15.5. The van der Waals surface area contributed by atoms with Crippen molar-refractivity contribution < 1.29 is 19.0 Å². The summed E-state index contributed by atoms with van der Waals surface area (Å²) in [6.45, 7) is 5.84. The lowest BCUT2D eigenvalue weighted by Gasteiger charge is -2.17. The predicted octanol–water partition coefficient (Wildman–Crippen LogP) is 2.40. The molecule has 0 aliphatic rings. The molecule has 0 aliphatic carbocycles. The topological polar surface area (TPSA) is 56.8 Å². The fraction of sp³-hybridized carbons (Fsp3) is 0.562. The van der Waals surface area contributed by atoms with Crippen molar-refractivity contribution in [2.24, 2.45) is 0 Å². The van der Waals surface area contributed by atoms with Crippen LogP contribution in [0.5, 0.6) is 11.5 Å². The van der Waals surface area contributed by atoms with Gasteiger partial charge in [0.25, 0.3) is 5.91 Å². The summed E-state index contributed by atoms with van der Waals surface area (Å²) in [5.41, 5.74) is 0. The second kappa shape index (κ2) is 10.0. The van der Waals surface area contributed by atoms with Gasteiger partial charge in [0.1, 0.15) is 11.5 Å². The maximum atomic E-state index is 12.0. The molecule has 0 saturated carbocycles. The SMILES string of the molecule is CCOCCCNC(=O)[C@@H](CC)Oc1ccc(OC)cc1. The van der Waals surface area contributed by atoms with E-state index in [1.54, 1.807) is 19.2 Å². The lowest BCUT2D eigenvalue weighted by atomic mass is 10.2. The van der Waals surface area contributed by atoms with Gasteiger partial charge in [0.2, 0.25) is 0 Å². The molecule has 0 saturated heterocycles. The molecular weight excluding hydrogens is 270 g/mol. The second-order valence-electron chi connectivity index (χ2n) is 4.53. The van der Waals surface area contributed by atoms with Crippen LogP contribution >= 0.6 is 0 Å². The molecule has 118 valence electrons. The van der Waals surface area contributed by atoms with Gasteiger partial charge in [0.15, 0.2) is 6.10 Å². The van der Waals surface area contributed by atoms with Crippen LogP contribution in [-0.2, 0) is 9.53 Å². The molecule has 5 heteroatoms. The summed E-state index contributed by atoms with van der Waals surface area (Å²) < 4.78 is 16.0. The van der Waals surface area contributed by atoms with Crippen molar-refractivity contribution in [2.45, 2.75) is 32.8 Å². The van der Waals surface area contributed by atoms with Crippen LogP contribution < -0.4 is 14.8 Å². The van der Waals surface area contributed by atoms with Gasteiger partial charge >= 0.3 is 0 Å². The van der Waals surface area contributed by atoms with Crippen LogP contribution in [0.2, 0.25) is 0 Å². The van der Waals surface area contributed by atoms with E-state index in [4.69, 9.17) is 14.2 Å². The molecule has 0 radical (unpaired) electrons. The van der Waals surface area contributed by atoms with E-state index >= 15 is 0 Å². The third-order valence-corrected chi connectivity index (χ3v) is 2.97. The van der Waals surface area contributed by atoms with Gasteiger partial charge in [0, 0.05) is 19.8 Å². The number of hydrogen-bond acceptors (Lipinski definition) is 4. The normalized spacial score (nSPS) is 11.8. The summed E-state index contributed by atoms with van der Waals surface area (Å²) >= 11 is 0. The lowest BCUT2D eigenvalue weighted by Crippen LogP contribution is -2.38. The minimum absolute atomic E-state index is 0.0928. The Hall–Kier alpha value is -1.75. The maximum Gasteiger partial charge on any atom is 0.261 e. The van der Waals surface area contributed by atoms with Crippen LogP contribution in [0, 0.1) is 0 Å². The predicted molar refractivity (Wildman–Crippen MR) is 81.8 cm³/mol. The van der Waals surface area contributed by atoms with E-state index < -0.39 is 6.10 Å². The first kappa shape index (κ1) is 17.3. The zero-order valence-corrected chi connectivity index (χ0v) is 13.1. The van der Waals surface area contributed by atoms with Gasteiger partial charge < -0.3 is 19.5 Å². The number of methoxy groups -OCH3 is 1. The van der Waals surface area contributed by atoms with Crippen molar-refractivity contribution >= 4 is 5.91 Å². The Labute approximate surface area is 126 Å². The highest BCUT2D eigenvalue weighted by Gasteiger charge is 2.17. The number of carbonyl (C=O) groups is 1. The summed E-state index contributed by atoms with van der Waals surface area (Å²) in [4.78, 5) is 12.0. The van der Waals surface area contributed by atoms with Crippen molar-refractivity contribution in [3.8, 4) is 11.5 Å². The Kier molecular flexibility index (Phi) is 8.28. The van der Waals surface area contributed by atoms with E-state index in [0.717, 1.165) is 12.2 Å². The molecule has 1 aromatic carbocycles. The second-order valence-corrected chi connectivity index (χ2v) is 4.53. The molecule has 21 heavy (non-hydrogen) atoms. The minimum Gasteiger partial charge on any atom is -0.497 e. The number of rotatable bonds is 10. The van der Waals surface area contributed by atoms with Crippen LogP contribution in [0.1, 0.15) is 26.7 Å². The number of nitrogens with one attached hydrogen (secondary N) is 1. The molecule has 1 aromatic rings. The standard InChI is InChI=1S/C16H25NO4/c1-4-15(16(18)17-11-6-12-20-5-2)21-14-9-7-13(19-3)8-10-14/h7-10,15H,4-6,11-12H2,1-3H3,(H,17,18)/t15-/m1/s1. The smallest absolute Gasteiger partial charge is 0.261 e. The summed E-state index contributed by atoms with van der Waals surface area (Å²) in [6.07, 6.45) is 0.937.